The van der Waals surface area contributed by atoms with Gasteiger partial charge in [0.05, 0.1) is 29.7 Å². The average Bonchev–Trinajstić information content (AvgIpc) is 2.96. The summed E-state index contributed by atoms with van der Waals surface area (Å²) in [6.07, 6.45) is 0. The van der Waals surface area contributed by atoms with Crippen LogP contribution in [0.3, 0.4) is 0 Å². The molecule has 2 N–H and O–H groups in total. The predicted molar refractivity (Wildman–Crippen MR) is 153 cm³/mol. The van der Waals surface area contributed by atoms with Crippen molar-refractivity contribution in [2.24, 2.45) is 0 Å². The summed E-state index contributed by atoms with van der Waals surface area (Å²) in [5.41, 5.74) is 0.826. The molecule has 0 atom stereocenters. The minimum absolute atomic E-state index is 0.00870. The molecule has 4 rings (SSSR count). The molecule has 0 aliphatic heterocycles. The van der Waals surface area contributed by atoms with Crippen LogP contribution in [0, 0.1) is 0 Å². The van der Waals surface area contributed by atoms with E-state index >= 15 is 0 Å². The van der Waals surface area contributed by atoms with Crippen LogP contribution in [0.25, 0.3) is 0 Å². The van der Waals surface area contributed by atoms with Crippen LogP contribution < -0.4 is 23.8 Å². The highest BCUT2D eigenvalue weighted by atomic mass is 32.2. The number of carbonyl (C=O) groups excluding carboxylic acids is 1. The highest BCUT2D eigenvalue weighted by Gasteiger charge is 2.29. The van der Waals surface area contributed by atoms with Crippen LogP contribution in [0.5, 0.6) is 11.5 Å². The van der Waals surface area contributed by atoms with Gasteiger partial charge in [0.15, 0.2) is 0 Å². The van der Waals surface area contributed by atoms with Gasteiger partial charge in [-0.1, -0.05) is 36.4 Å². The third-order valence-corrected chi connectivity index (χ3v) is 8.92. The van der Waals surface area contributed by atoms with E-state index in [0.29, 0.717) is 11.4 Å². The van der Waals surface area contributed by atoms with Crippen molar-refractivity contribution in [3.05, 3.63) is 103 Å². The Kier molecular flexibility index (Phi) is 8.61. The summed E-state index contributed by atoms with van der Waals surface area (Å²) in [4.78, 5) is 13.1. The second-order valence-electron chi connectivity index (χ2n) is 8.41. The number of amides is 1. The fourth-order valence-corrected chi connectivity index (χ4v) is 6.29. The van der Waals surface area contributed by atoms with E-state index in [2.05, 4.69) is 10.0 Å². The zero-order chi connectivity index (χ0) is 28.8. The molecule has 0 spiro atoms. The molecule has 0 saturated heterocycles. The maximum Gasteiger partial charge on any atom is 0.264 e. The largest absolute Gasteiger partial charge is 0.497 e. The summed E-state index contributed by atoms with van der Waals surface area (Å²) in [7, 11) is -5.19. The molecule has 0 aliphatic carbocycles. The average molecular weight is 582 g/mol. The van der Waals surface area contributed by atoms with E-state index in [1.165, 1.54) is 62.8 Å². The van der Waals surface area contributed by atoms with Gasteiger partial charge in [-0.2, -0.15) is 0 Å². The number of carbonyl (C=O) groups is 1. The Labute approximate surface area is 233 Å². The van der Waals surface area contributed by atoms with Crippen molar-refractivity contribution in [2.75, 3.05) is 35.1 Å². The van der Waals surface area contributed by atoms with Crippen molar-refractivity contribution in [2.45, 2.75) is 9.79 Å². The number of methoxy groups -OCH3 is 2. The van der Waals surface area contributed by atoms with Gasteiger partial charge in [-0.25, -0.2) is 16.8 Å². The smallest absolute Gasteiger partial charge is 0.264 e. The zero-order valence-electron chi connectivity index (χ0n) is 21.6. The normalized spacial score (nSPS) is 11.3. The second-order valence-corrected chi connectivity index (χ2v) is 12.0. The first-order valence-corrected chi connectivity index (χ1v) is 14.8. The van der Waals surface area contributed by atoms with Crippen molar-refractivity contribution in [1.82, 2.24) is 0 Å². The topological polar surface area (TPSA) is 131 Å². The van der Waals surface area contributed by atoms with Gasteiger partial charge in [0.2, 0.25) is 5.91 Å². The Bertz CT molecular complexity index is 1680. The van der Waals surface area contributed by atoms with Gasteiger partial charge in [-0.3, -0.25) is 13.8 Å². The van der Waals surface area contributed by atoms with E-state index in [1.54, 1.807) is 54.6 Å². The van der Waals surface area contributed by atoms with Crippen molar-refractivity contribution in [1.29, 1.82) is 0 Å². The molecular weight excluding hydrogens is 554 g/mol. The zero-order valence-corrected chi connectivity index (χ0v) is 23.3. The van der Waals surface area contributed by atoms with Crippen LogP contribution in [0.15, 0.2) is 113 Å². The van der Waals surface area contributed by atoms with Gasteiger partial charge in [0, 0.05) is 17.4 Å². The van der Waals surface area contributed by atoms with E-state index in [9.17, 15) is 21.6 Å². The standard InChI is InChI=1S/C28H27N3O7S2/c1-37-23-15-18-26(27(19-23)38-2)31(40(35,36)25-11-7-4-8-12-25)20-28(32)29-21-13-16-24(17-14-21)39(33,34)30-22-9-5-3-6-10-22/h3-19,30H,20H2,1-2H3,(H,29,32). The molecule has 0 unspecified atom stereocenters. The van der Waals surface area contributed by atoms with Gasteiger partial charge in [-0.15, -0.1) is 0 Å². The Hall–Kier alpha value is -4.55. The third-order valence-electron chi connectivity index (χ3n) is 5.75. The van der Waals surface area contributed by atoms with Gasteiger partial charge in [0.25, 0.3) is 20.0 Å². The molecule has 0 bridgehead atoms. The monoisotopic (exact) mass is 581 g/mol. The Balaban J connectivity index is 1.58. The number of benzene rings is 4. The number of nitrogens with one attached hydrogen (secondary N) is 2. The molecule has 0 radical (unpaired) electrons. The molecular formula is C28H27N3O7S2. The third kappa shape index (κ3) is 6.53. The summed E-state index contributed by atoms with van der Waals surface area (Å²) in [5, 5.41) is 2.63. The SMILES string of the molecule is COc1ccc(N(CC(=O)Nc2ccc(S(=O)(=O)Nc3ccccc3)cc2)S(=O)(=O)c2ccccc2)c(OC)c1. The van der Waals surface area contributed by atoms with Gasteiger partial charge in [0.1, 0.15) is 18.0 Å². The molecule has 208 valence electrons. The molecule has 0 aromatic heterocycles. The number of sulfonamides is 2. The van der Waals surface area contributed by atoms with Crippen LogP contribution in [-0.4, -0.2) is 43.5 Å². The quantitative estimate of drug-likeness (QED) is 0.269. The van der Waals surface area contributed by atoms with Crippen molar-refractivity contribution < 1.29 is 31.1 Å². The van der Waals surface area contributed by atoms with Crippen molar-refractivity contribution >= 4 is 43.0 Å². The maximum atomic E-state index is 13.6. The lowest BCUT2D eigenvalue weighted by Gasteiger charge is -2.26. The molecule has 4 aromatic rings. The maximum absolute atomic E-state index is 13.6. The molecule has 0 heterocycles. The summed E-state index contributed by atoms with van der Waals surface area (Å²) in [6, 6.07) is 26.2. The Morgan fingerprint density at radius 1 is 0.725 bits per heavy atom. The fraction of sp³-hybridized carbons (Fsp3) is 0.107. The molecule has 0 fully saturated rings. The first-order valence-electron chi connectivity index (χ1n) is 11.9. The number of anilines is 3. The van der Waals surface area contributed by atoms with Crippen LogP contribution in [0.2, 0.25) is 0 Å². The summed E-state index contributed by atoms with van der Waals surface area (Å²) in [5.74, 6) is -0.0265. The van der Waals surface area contributed by atoms with E-state index in [-0.39, 0.29) is 26.9 Å². The molecule has 0 aliphatic rings. The number of nitrogens with zero attached hydrogens (tertiary/aromatic N) is 1. The Morgan fingerprint density at radius 2 is 1.35 bits per heavy atom. The minimum atomic E-state index is -4.19. The first kappa shape index (κ1) is 28.5. The number of rotatable bonds is 11. The second kappa shape index (κ2) is 12.1. The van der Waals surface area contributed by atoms with Gasteiger partial charge in [-0.05, 0) is 60.7 Å². The number of para-hydroxylation sites is 1. The summed E-state index contributed by atoms with van der Waals surface area (Å²) < 4.78 is 66.7. The molecule has 1 amide bonds. The Morgan fingerprint density at radius 3 is 1.95 bits per heavy atom. The van der Waals surface area contributed by atoms with E-state index < -0.39 is 32.5 Å². The number of hydrogen-bond donors (Lipinski definition) is 2. The van der Waals surface area contributed by atoms with E-state index in [0.717, 1.165) is 4.31 Å². The lowest BCUT2D eigenvalue weighted by molar-refractivity contribution is -0.114. The van der Waals surface area contributed by atoms with Crippen molar-refractivity contribution in [3.8, 4) is 11.5 Å². The van der Waals surface area contributed by atoms with Crippen LogP contribution in [-0.2, 0) is 24.8 Å². The molecule has 10 nitrogen and oxygen atoms in total. The lowest BCUT2D eigenvalue weighted by Crippen LogP contribution is -2.38. The molecule has 40 heavy (non-hydrogen) atoms. The van der Waals surface area contributed by atoms with Gasteiger partial charge >= 0.3 is 0 Å². The predicted octanol–water partition coefficient (Wildman–Crippen LogP) is 4.34. The van der Waals surface area contributed by atoms with E-state index in [4.69, 9.17) is 9.47 Å². The minimum Gasteiger partial charge on any atom is -0.497 e. The molecule has 12 heteroatoms. The molecule has 4 aromatic carbocycles. The first-order chi connectivity index (χ1) is 19.1. The highest BCUT2D eigenvalue weighted by molar-refractivity contribution is 7.93. The highest BCUT2D eigenvalue weighted by Crippen LogP contribution is 2.35. The number of ether oxygens (including phenoxy) is 2. The van der Waals surface area contributed by atoms with Crippen LogP contribution in [0.1, 0.15) is 0 Å². The van der Waals surface area contributed by atoms with Crippen LogP contribution in [0.4, 0.5) is 17.1 Å². The van der Waals surface area contributed by atoms with E-state index in [1.807, 2.05) is 0 Å². The fourth-order valence-electron chi connectivity index (χ4n) is 3.78. The van der Waals surface area contributed by atoms with Crippen molar-refractivity contribution in [3.63, 3.8) is 0 Å². The van der Waals surface area contributed by atoms with Crippen LogP contribution >= 0.6 is 0 Å². The van der Waals surface area contributed by atoms with Gasteiger partial charge < -0.3 is 14.8 Å². The summed E-state index contributed by atoms with van der Waals surface area (Å²) >= 11 is 0. The summed E-state index contributed by atoms with van der Waals surface area (Å²) in [6.45, 7) is -0.588. The molecule has 0 saturated carbocycles. The number of hydrogen-bond acceptors (Lipinski definition) is 7. The lowest BCUT2D eigenvalue weighted by atomic mass is 10.2.